The maximum absolute atomic E-state index is 13.6. The predicted octanol–water partition coefficient (Wildman–Crippen LogP) is 2.16. The van der Waals surface area contributed by atoms with Gasteiger partial charge in [-0.15, -0.1) is 0 Å². The molecule has 0 fully saturated rings. The first kappa shape index (κ1) is 12.9. The zero-order chi connectivity index (χ0) is 14.0. The first-order chi connectivity index (χ1) is 9.02. The van der Waals surface area contributed by atoms with Gasteiger partial charge in [0.1, 0.15) is 23.0 Å². The summed E-state index contributed by atoms with van der Waals surface area (Å²) in [5.74, 6) is -2.69. The Hall–Kier alpha value is -2.57. The van der Waals surface area contributed by atoms with Crippen molar-refractivity contribution >= 4 is 11.8 Å². The molecule has 2 aromatic rings. The van der Waals surface area contributed by atoms with Crippen LogP contribution in [0.3, 0.4) is 0 Å². The molecule has 1 aromatic heterocycles. The molecule has 0 amide bonds. The third-order valence-electron chi connectivity index (χ3n) is 2.43. The SMILES string of the molecule is CNc1nc(-c2ccc(F)cc2F)ncc1C(=O)O. The van der Waals surface area contributed by atoms with Crippen molar-refractivity contribution in [1.29, 1.82) is 0 Å². The van der Waals surface area contributed by atoms with Crippen LogP contribution in [0.2, 0.25) is 0 Å². The Morgan fingerprint density at radius 2 is 2.11 bits per heavy atom. The van der Waals surface area contributed by atoms with Gasteiger partial charge in [0.15, 0.2) is 5.82 Å². The summed E-state index contributed by atoms with van der Waals surface area (Å²) < 4.78 is 26.4. The summed E-state index contributed by atoms with van der Waals surface area (Å²) in [6.07, 6.45) is 1.07. The summed E-state index contributed by atoms with van der Waals surface area (Å²) in [6, 6.07) is 2.98. The summed E-state index contributed by atoms with van der Waals surface area (Å²) >= 11 is 0. The predicted molar refractivity (Wildman–Crippen MR) is 63.9 cm³/mol. The smallest absolute Gasteiger partial charge is 0.341 e. The van der Waals surface area contributed by atoms with Gasteiger partial charge in [-0.05, 0) is 12.1 Å². The minimum absolute atomic E-state index is 0.00478. The molecule has 0 spiro atoms. The molecule has 98 valence electrons. The Balaban J connectivity index is 2.54. The Kier molecular flexibility index (Phi) is 3.37. The van der Waals surface area contributed by atoms with E-state index >= 15 is 0 Å². The van der Waals surface area contributed by atoms with E-state index in [0.29, 0.717) is 6.07 Å². The average Bonchev–Trinajstić information content (AvgIpc) is 2.37. The lowest BCUT2D eigenvalue weighted by Gasteiger charge is -2.07. The van der Waals surface area contributed by atoms with Crippen LogP contribution in [0, 0.1) is 11.6 Å². The fourth-order valence-electron chi connectivity index (χ4n) is 1.53. The van der Waals surface area contributed by atoms with Crippen molar-refractivity contribution in [3.63, 3.8) is 0 Å². The highest BCUT2D eigenvalue weighted by Gasteiger charge is 2.15. The first-order valence-electron chi connectivity index (χ1n) is 5.26. The fraction of sp³-hybridized carbons (Fsp3) is 0.0833. The van der Waals surface area contributed by atoms with Crippen LogP contribution in [0.5, 0.6) is 0 Å². The molecular weight excluding hydrogens is 256 g/mol. The van der Waals surface area contributed by atoms with E-state index in [4.69, 9.17) is 5.11 Å². The fourth-order valence-corrected chi connectivity index (χ4v) is 1.53. The topological polar surface area (TPSA) is 75.1 Å². The number of benzene rings is 1. The molecule has 2 N–H and O–H groups in total. The molecule has 0 saturated carbocycles. The van der Waals surface area contributed by atoms with Crippen LogP contribution in [0.25, 0.3) is 11.4 Å². The van der Waals surface area contributed by atoms with Crippen LogP contribution in [-0.2, 0) is 0 Å². The summed E-state index contributed by atoms with van der Waals surface area (Å²) in [4.78, 5) is 18.6. The average molecular weight is 265 g/mol. The van der Waals surface area contributed by atoms with Gasteiger partial charge in [-0.1, -0.05) is 0 Å². The van der Waals surface area contributed by atoms with Crippen LogP contribution in [-0.4, -0.2) is 28.1 Å². The van der Waals surface area contributed by atoms with E-state index in [-0.39, 0.29) is 22.8 Å². The summed E-state index contributed by atoms with van der Waals surface area (Å²) in [5.41, 5.74) is -0.136. The second-order valence-corrected chi connectivity index (χ2v) is 3.64. The third-order valence-corrected chi connectivity index (χ3v) is 2.43. The second kappa shape index (κ2) is 4.97. The number of carboxylic acid groups (broad SMARTS) is 1. The number of rotatable bonds is 3. The van der Waals surface area contributed by atoms with E-state index in [1.807, 2.05) is 0 Å². The largest absolute Gasteiger partial charge is 0.477 e. The maximum atomic E-state index is 13.6. The minimum atomic E-state index is -1.20. The molecule has 0 bridgehead atoms. The van der Waals surface area contributed by atoms with Crippen LogP contribution in [0.1, 0.15) is 10.4 Å². The number of hydrogen-bond donors (Lipinski definition) is 2. The second-order valence-electron chi connectivity index (χ2n) is 3.64. The molecule has 5 nitrogen and oxygen atoms in total. The van der Waals surface area contributed by atoms with Crippen molar-refractivity contribution in [2.75, 3.05) is 12.4 Å². The van der Waals surface area contributed by atoms with E-state index in [2.05, 4.69) is 15.3 Å². The highest BCUT2D eigenvalue weighted by Crippen LogP contribution is 2.22. The monoisotopic (exact) mass is 265 g/mol. The Morgan fingerprint density at radius 3 is 2.68 bits per heavy atom. The van der Waals surface area contributed by atoms with E-state index in [0.717, 1.165) is 12.3 Å². The van der Waals surface area contributed by atoms with Crippen molar-refractivity contribution in [2.45, 2.75) is 0 Å². The van der Waals surface area contributed by atoms with Gasteiger partial charge in [-0.2, -0.15) is 0 Å². The summed E-state index contributed by atoms with van der Waals surface area (Å²) in [5, 5.41) is 11.5. The normalized spacial score (nSPS) is 10.3. The molecule has 0 saturated heterocycles. The van der Waals surface area contributed by atoms with E-state index in [1.165, 1.54) is 13.1 Å². The molecule has 0 aliphatic rings. The van der Waals surface area contributed by atoms with Crippen LogP contribution < -0.4 is 5.32 Å². The number of carbonyl (C=O) groups is 1. The van der Waals surface area contributed by atoms with Gasteiger partial charge >= 0.3 is 5.97 Å². The third kappa shape index (κ3) is 2.49. The number of carboxylic acids is 1. The molecule has 0 radical (unpaired) electrons. The highest BCUT2D eigenvalue weighted by molar-refractivity contribution is 5.93. The van der Waals surface area contributed by atoms with Crippen molar-refractivity contribution < 1.29 is 18.7 Å². The van der Waals surface area contributed by atoms with Crippen LogP contribution in [0.4, 0.5) is 14.6 Å². The Bertz CT molecular complexity index is 647. The van der Waals surface area contributed by atoms with Gasteiger partial charge in [0, 0.05) is 19.3 Å². The van der Waals surface area contributed by atoms with Gasteiger partial charge < -0.3 is 10.4 Å². The standard InChI is InChI=1S/C12H9F2N3O2/c1-15-10-8(12(18)19)5-16-11(17-10)7-3-2-6(13)4-9(7)14/h2-5H,1H3,(H,18,19)(H,15,16,17). The molecular formula is C12H9F2N3O2. The Morgan fingerprint density at radius 1 is 1.37 bits per heavy atom. The van der Waals surface area contributed by atoms with E-state index < -0.39 is 17.6 Å². The van der Waals surface area contributed by atoms with Gasteiger partial charge in [0.05, 0.1) is 5.56 Å². The minimum Gasteiger partial charge on any atom is -0.477 e. The molecule has 0 unspecified atom stereocenters. The highest BCUT2D eigenvalue weighted by atomic mass is 19.1. The van der Waals surface area contributed by atoms with Gasteiger partial charge in [0.25, 0.3) is 0 Å². The van der Waals surface area contributed by atoms with E-state index in [1.54, 1.807) is 0 Å². The number of aromatic nitrogens is 2. The number of hydrogen-bond acceptors (Lipinski definition) is 4. The van der Waals surface area contributed by atoms with Crippen molar-refractivity contribution in [1.82, 2.24) is 9.97 Å². The van der Waals surface area contributed by atoms with Crippen LogP contribution >= 0.6 is 0 Å². The van der Waals surface area contributed by atoms with Crippen molar-refractivity contribution in [3.05, 3.63) is 41.6 Å². The van der Waals surface area contributed by atoms with E-state index in [9.17, 15) is 13.6 Å². The number of nitrogens with one attached hydrogen (secondary N) is 1. The lowest BCUT2D eigenvalue weighted by molar-refractivity contribution is 0.0697. The maximum Gasteiger partial charge on any atom is 0.341 e. The van der Waals surface area contributed by atoms with Gasteiger partial charge in [0.2, 0.25) is 0 Å². The molecule has 19 heavy (non-hydrogen) atoms. The molecule has 0 atom stereocenters. The van der Waals surface area contributed by atoms with Gasteiger partial charge in [-0.25, -0.2) is 23.5 Å². The Labute approximate surface area is 106 Å². The molecule has 7 heteroatoms. The molecule has 1 heterocycles. The molecule has 0 aliphatic carbocycles. The van der Waals surface area contributed by atoms with Crippen molar-refractivity contribution in [3.8, 4) is 11.4 Å². The summed E-state index contributed by atoms with van der Waals surface area (Å²) in [7, 11) is 1.49. The number of nitrogens with zero attached hydrogens (tertiary/aromatic N) is 2. The lowest BCUT2D eigenvalue weighted by atomic mass is 10.2. The number of aromatic carboxylic acids is 1. The van der Waals surface area contributed by atoms with Crippen molar-refractivity contribution in [2.24, 2.45) is 0 Å². The lowest BCUT2D eigenvalue weighted by Crippen LogP contribution is -2.07. The van der Waals surface area contributed by atoms with Crippen LogP contribution in [0.15, 0.2) is 24.4 Å². The zero-order valence-corrected chi connectivity index (χ0v) is 9.82. The number of halogens is 2. The molecule has 0 aliphatic heterocycles. The first-order valence-corrected chi connectivity index (χ1v) is 5.26. The molecule has 2 rings (SSSR count). The number of anilines is 1. The van der Waals surface area contributed by atoms with Gasteiger partial charge in [-0.3, -0.25) is 0 Å². The quantitative estimate of drug-likeness (QED) is 0.889. The zero-order valence-electron chi connectivity index (χ0n) is 9.82. The molecule has 1 aromatic carbocycles. The summed E-state index contributed by atoms with van der Waals surface area (Å²) in [6.45, 7) is 0.